The summed E-state index contributed by atoms with van der Waals surface area (Å²) >= 11 is 0. The van der Waals surface area contributed by atoms with E-state index in [0.29, 0.717) is 19.3 Å². The number of rotatable bonds is 62. The molecule has 0 spiro atoms. The van der Waals surface area contributed by atoms with Gasteiger partial charge in [0, 0.05) is 19.3 Å². The molecule has 0 fully saturated rings. The van der Waals surface area contributed by atoms with Gasteiger partial charge in [-0.05, 0) is 141 Å². The lowest BCUT2D eigenvalue weighted by molar-refractivity contribution is -0.167. The van der Waals surface area contributed by atoms with Crippen LogP contribution in [0.15, 0.2) is 134 Å². The highest BCUT2D eigenvalue weighted by atomic mass is 16.6. The summed E-state index contributed by atoms with van der Waals surface area (Å²) in [6.45, 7) is 6.49. The van der Waals surface area contributed by atoms with Crippen molar-refractivity contribution in [3.05, 3.63) is 134 Å². The van der Waals surface area contributed by atoms with E-state index in [2.05, 4.69) is 154 Å². The summed E-state index contributed by atoms with van der Waals surface area (Å²) in [5.41, 5.74) is 0. The van der Waals surface area contributed by atoms with Crippen molar-refractivity contribution in [1.29, 1.82) is 0 Å². The summed E-state index contributed by atoms with van der Waals surface area (Å²) in [5.74, 6) is -0.930. The molecule has 0 bridgehead atoms. The van der Waals surface area contributed by atoms with Crippen LogP contribution >= 0.6 is 0 Å². The molecule has 6 nitrogen and oxygen atoms in total. The lowest BCUT2D eigenvalue weighted by atomic mass is 10.1. The number of ether oxygens (including phenoxy) is 3. The fourth-order valence-corrected chi connectivity index (χ4v) is 9.43. The monoisotopic (exact) mass is 1150 g/mol. The Kier molecular flexibility index (Phi) is 66.3. The summed E-state index contributed by atoms with van der Waals surface area (Å²) in [6, 6.07) is 0. The van der Waals surface area contributed by atoms with Crippen molar-refractivity contribution < 1.29 is 28.6 Å². The number of carbonyl (C=O) groups is 3. The Hall–Kier alpha value is -4.45. The summed E-state index contributed by atoms with van der Waals surface area (Å²) in [5, 5.41) is 0. The summed E-state index contributed by atoms with van der Waals surface area (Å²) in [6.07, 6.45) is 98.9. The zero-order chi connectivity index (χ0) is 59.9. The van der Waals surface area contributed by atoms with Crippen molar-refractivity contribution in [2.24, 2.45) is 0 Å². The molecule has 0 aliphatic heterocycles. The van der Waals surface area contributed by atoms with Crippen molar-refractivity contribution in [1.82, 2.24) is 0 Å². The van der Waals surface area contributed by atoms with E-state index in [1.807, 2.05) is 0 Å². The van der Waals surface area contributed by atoms with Crippen LogP contribution in [0.3, 0.4) is 0 Å². The maximum atomic E-state index is 13.0. The quantitative estimate of drug-likeness (QED) is 0.0261. The van der Waals surface area contributed by atoms with Crippen molar-refractivity contribution >= 4 is 17.9 Å². The van der Waals surface area contributed by atoms with Crippen molar-refractivity contribution in [2.45, 2.75) is 322 Å². The minimum Gasteiger partial charge on any atom is -0.462 e. The first-order valence-electron chi connectivity index (χ1n) is 34.7. The Balaban J connectivity index is 4.42. The molecule has 6 heteroatoms. The molecule has 1 atom stereocenters. The van der Waals surface area contributed by atoms with Gasteiger partial charge in [0.25, 0.3) is 0 Å². The lowest BCUT2D eigenvalue weighted by Crippen LogP contribution is -2.30. The molecule has 0 heterocycles. The van der Waals surface area contributed by atoms with E-state index in [0.717, 1.165) is 148 Å². The highest BCUT2D eigenvalue weighted by Gasteiger charge is 2.19. The van der Waals surface area contributed by atoms with Crippen LogP contribution < -0.4 is 0 Å². The van der Waals surface area contributed by atoms with Gasteiger partial charge in [0.15, 0.2) is 6.10 Å². The van der Waals surface area contributed by atoms with Gasteiger partial charge in [-0.3, -0.25) is 14.4 Å². The predicted octanol–water partition coefficient (Wildman–Crippen LogP) is 24.1. The van der Waals surface area contributed by atoms with E-state index in [4.69, 9.17) is 14.2 Å². The molecule has 0 aliphatic rings. The highest BCUT2D eigenvalue weighted by Crippen LogP contribution is 2.16. The van der Waals surface area contributed by atoms with Gasteiger partial charge in [-0.25, -0.2) is 0 Å². The van der Waals surface area contributed by atoms with Gasteiger partial charge < -0.3 is 14.2 Å². The van der Waals surface area contributed by atoms with Crippen LogP contribution in [0.25, 0.3) is 0 Å². The van der Waals surface area contributed by atoms with Gasteiger partial charge in [0.1, 0.15) is 13.2 Å². The van der Waals surface area contributed by atoms with Crippen LogP contribution in [0.2, 0.25) is 0 Å². The second-order valence-corrected chi connectivity index (χ2v) is 22.7. The molecule has 0 radical (unpaired) electrons. The topological polar surface area (TPSA) is 78.9 Å². The maximum absolute atomic E-state index is 13.0. The van der Waals surface area contributed by atoms with Crippen molar-refractivity contribution in [3.63, 3.8) is 0 Å². The Morgan fingerprint density at radius 1 is 0.253 bits per heavy atom. The van der Waals surface area contributed by atoms with Crippen LogP contribution in [0.5, 0.6) is 0 Å². The maximum Gasteiger partial charge on any atom is 0.306 e. The molecule has 472 valence electrons. The Morgan fingerprint density at radius 2 is 0.470 bits per heavy atom. The zero-order valence-electron chi connectivity index (χ0n) is 54.2. The number of hydrogen-bond acceptors (Lipinski definition) is 6. The van der Waals surface area contributed by atoms with Gasteiger partial charge >= 0.3 is 17.9 Å². The molecular formula is C77H128O6. The molecule has 0 saturated heterocycles. The molecule has 0 aromatic carbocycles. The molecular weight excluding hydrogens is 1020 g/mol. The van der Waals surface area contributed by atoms with Crippen LogP contribution in [0.1, 0.15) is 316 Å². The number of hydrogen-bond donors (Lipinski definition) is 0. The largest absolute Gasteiger partial charge is 0.462 e. The van der Waals surface area contributed by atoms with E-state index >= 15 is 0 Å². The first kappa shape index (κ1) is 78.5. The Labute approximate surface area is 513 Å². The smallest absolute Gasteiger partial charge is 0.306 e. The van der Waals surface area contributed by atoms with E-state index in [1.165, 1.54) is 128 Å². The standard InChI is InChI=1S/C77H128O6/c1-4-7-10-13-16-19-22-25-28-30-32-34-35-36-37-38-39-40-41-43-44-46-49-52-55-58-61-64-67-70-76(79)82-73-74(72-81-75(78)69-66-63-60-57-54-51-48-27-24-21-18-15-12-9-6-3)83-77(80)71-68-65-62-59-56-53-50-47-45-42-33-31-29-26-23-20-17-14-11-8-5-2/h7,10,16,18-19,21,25,27-28,31-34,36-37,39-40,43-44,48-49,52,74H,4-6,8-9,11-15,17,20,22-24,26,29-30,35,38,41-42,45-47,50-51,53-73H2,1-3H3/b10-7-,19-16-,21-18-,28-25-,33-31-,34-32-,37-36-,40-39-,44-43-,48-27-,52-49-. The third-order valence-corrected chi connectivity index (χ3v) is 14.6. The van der Waals surface area contributed by atoms with Gasteiger partial charge in [0.05, 0.1) is 0 Å². The number of carbonyl (C=O) groups excluding carboxylic acids is 3. The van der Waals surface area contributed by atoms with Gasteiger partial charge in [-0.2, -0.15) is 0 Å². The highest BCUT2D eigenvalue weighted by molar-refractivity contribution is 5.71. The average Bonchev–Trinajstić information content (AvgIpc) is 3.49. The van der Waals surface area contributed by atoms with E-state index in [1.54, 1.807) is 0 Å². The Morgan fingerprint density at radius 3 is 0.771 bits per heavy atom. The molecule has 0 aliphatic carbocycles. The Bertz CT molecular complexity index is 1750. The lowest BCUT2D eigenvalue weighted by Gasteiger charge is -2.18. The van der Waals surface area contributed by atoms with Gasteiger partial charge in [-0.1, -0.05) is 289 Å². The minimum absolute atomic E-state index is 0.0967. The zero-order valence-corrected chi connectivity index (χ0v) is 54.2. The van der Waals surface area contributed by atoms with E-state index in [-0.39, 0.29) is 31.1 Å². The summed E-state index contributed by atoms with van der Waals surface area (Å²) < 4.78 is 16.9. The van der Waals surface area contributed by atoms with Crippen LogP contribution in [0.4, 0.5) is 0 Å². The predicted molar refractivity (Wildman–Crippen MR) is 362 cm³/mol. The van der Waals surface area contributed by atoms with Crippen LogP contribution in [-0.4, -0.2) is 37.2 Å². The molecule has 0 saturated carbocycles. The molecule has 1 unspecified atom stereocenters. The molecule has 0 N–H and O–H groups in total. The van der Waals surface area contributed by atoms with E-state index in [9.17, 15) is 14.4 Å². The number of esters is 3. The van der Waals surface area contributed by atoms with Crippen molar-refractivity contribution in [3.8, 4) is 0 Å². The second-order valence-electron chi connectivity index (χ2n) is 22.7. The third-order valence-electron chi connectivity index (χ3n) is 14.6. The third kappa shape index (κ3) is 68.2. The molecule has 83 heavy (non-hydrogen) atoms. The first-order valence-corrected chi connectivity index (χ1v) is 34.7. The van der Waals surface area contributed by atoms with Gasteiger partial charge in [-0.15, -0.1) is 0 Å². The minimum atomic E-state index is -0.802. The molecule has 0 aromatic rings. The summed E-state index contributed by atoms with van der Waals surface area (Å²) in [4.78, 5) is 38.4. The van der Waals surface area contributed by atoms with E-state index < -0.39 is 6.10 Å². The van der Waals surface area contributed by atoms with Crippen molar-refractivity contribution in [2.75, 3.05) is 13.2 Å². The second kappa shape index (κ2) is 70.0. The van der Waals surface area contributed by atoms with Gasteiger partial charge in [0.2, 0.25) is 0 Å². The molecule has 0 amide bonds. The fourth-order valence-electron chi connectivity index (χ4n) is 9.43. The normalized spacial score (nSPS) is 13.0. The molecule has 0 aromatic heterocycles. The number of allylic oxidation sites excluding steroid dienone is 22. The number of unbranched alkanes of at least 4 members (excludes halogenated alkanes) is 29. The SMILES string of the molecule is CC/C=C\C/C=C\C/C=C\C/C=C\C/C=C\C/C=C\C/C=C\C/C=C\CCCCCCC(=O)OCC(COC(=O)CCCCCCC/C=C\C/C=C\CCCCC)OC(=O)CCCCCCCCCCC/C=C\CCCCCCCCCC. The molecule has 0 rings (SSSR count). The first-order chi connectivity index (χ1) is 41.0. The van der Waals surface area contributed by atoms with Crippen LogP contribution in [-0.2, 0) is 28.6 Å². The fraction of sp³-hybridized carbons (Fsp3) is 0.675. The van der Waals surface area contributed by atoms with Crippen LogP contribution in [0, 0.1) is 0 Å². The summed E-state index contributed by atoms with van der Waals surface area (Å²) in [7, 11) is 0. The average molecular weight is 1150 g/mol.